The largest absolute Gasteiger partial charge is 0.495 e. The maximum Gasteiger partial charge on any atom is 0.346 e. The molecule has 182 valence electrons. The second kappa shape index (κ2) is 9.07. The van der Waals surface area contributed by atoms with Crippen LogP contribution in [-0.2, 0) is 20.3 Å². The highest BCUT2D eigenvalue weighted by Crippen LogP contribution is 2.43. The van der Waals surface area contributed by atoms with Gasteiger partial charge in [0.05, 0.1) is 14.2 Å². The Morgan fingerprint density at radius 1 is 1.11 bits per heavy atom. The Balaban J connectivity index is 1.83. The Bertz CT molecular complexity index is 1430. The van der Waals surface area contributed by atoms with Gasteiger partial charge in [0.25, 0.3) is 15.0 Å². The van der Waals surface area contributed by atoms with Crippen molar-refractivity contribution < 1.29 is 27.1 Å². The molecule has 3 aromatic carbocycles. The van der Waals surface area contributed by atoms with E-state index in [1.165, 1.54) is 61.5 Å². The van der Waals surface area contributed by atoms with Gasteiger partial charge in [-0.2, -0.15) is 4.48 Å². The van der Waals surface area contributed by atoms with Gasteiger partial charge in [0.15, 0.2) is 6.04 Å². The maximum absolute atomic E-state index is 14.1. The predicted molar refractivity (Wildman–Crippen MR) is 131 cm³/mol. The Hall–Kier alpha value is -3.27. The number of hydrogen-bond acceptors (Lipinski definition) is 5. The Morgan fingerprint density at radius 3 is 2.40 bits per heavy atom. The van der Waals surface area contributed by atoms with Crippen molar-refractivity contribution in [3.8, 4) is 5.75 Å². The third kappa shape index (κ3) is 4.31. The van der Waals surface area contributed by atoms with Crippen molar-refractivity contribution in [3.63, 3.8) is 0 Å². The first kappa shape index (κ1) is 24.8. The van der Waals surface area contributed by atoms with Gasteiger partial charge in [-0.05, 0) is 30.3 Å². The molecule has 1 aliphatic heterocycles. The molecule has 2 amide bonds. The van der Waals surface area contributed by atoms with E-state index in [1.807, 2.05) is 24.3 Å². The van der Waals surface area contributed by atoms with E-state index in [1.54, 1.807) is 7.05 Å². The predicted octanol–water partition coefficient (Wildman–Crippen LogP) is 4.25. The van der Waals surface area contributed by atoms with Crippen molar-refractivity contribution in [1.82, 2.24) is 9.38 Å². The van der Waals surface area contributed by atoms with Crippen molar-refractivity contribution in [3.05, 3.63) is 83.7 Å². The van der Waals surface area contributed by atoms with E-state index in [0.717, 1.165) is 5.56 Å². The molecule has 0 bridgehead atoms. The van der Waals surface area contributed by atoms with E-state index in [2.05, 4.69) is 0 Å². The molecule has 1 unspecified atom stereocenters. The first-order valence-electron chi connectivity index (χ1n) is 10.6. The highest BCUT2D eigenvalue weighted by atomic mass is 35.7. The summed E-state index contributed by atoms with van der Waals surface area (Å²) in [7, 11) is 6.00. The third-order valence-corrected chi connectivity index (χ3v) is 7.78. The number of para-hydroxylation sites is 1. The number of carbonyl (C=O) groups is 2. The Morgan fingerprint density at radius 2 is 1.77 bits per heavy atom. The van der Waals surface area contributed by atoms with Crippen molar-refractivity contribution in [2.75, 3.05) is 21.2 Å². The van der Waals surface area contributed by atoms with Gasteiger partial charge in [-0.25, -0.2) is 17.6 Å². The summed E-state index contributed by atoms with van der Waals surface area (Å²) in [5.41, 5.74) is 2.25. The molecule has 4 rings (SSSR count). The molecule has 7 nitrogen and oxygen atoms in total. The van der Waals surface area contributed by atoms with E-state index in [0.29, 0.717) is 11.4 Å². The summed E-state index contributed by atoms with van der Waals surface area (Å²) in [4.78, 5) is 28.4. The van der Waals surface area contributed by atoms with Crippen LogP contribution in [0.15, 0.2) is 71.6 Å². The zero-order valence-corrected chi connectivity index (χ0v) is 20.8. The van der Waals surface area contributed by atoms with Gasteiger partial charge in [-0.3, -0.25) is 4.79 Å². The van der Waals surface area contributed by atoms with Crippen LogP contribution in [0.25, 0.3) is 0 Å². The maximum atomic E-state index is 14.1. The summed E-state index contributed by atoms with van der Waals surface area (Å²) in [6.07, 6.45) is 0.289. The number of halogens is 2. The van der Waals surface area contributed by atoms with Gasteiger partial charge in [-0.15, -0.1) is 0 Å². The smallest absolute Gasteiger partial charge is 0.346 e. The second-order valence-electron chi connectivity index (χ2n) is 8.39. The van der Waals surface area contributed by atoms with Gasteiger partial charge in [0.1, 0.15) is 27.8 Å². The average Bonchev–Trinajstić information content (AvgIpc) is 2.84. The van der Waals surface area contributed by atoms with Crippen molar-refractivity contribution in [2.24, 2.45) is 0 Å². The van der Waals surface area contributed by atoms with Crippen LogP contribution in [0.2, 0.25) is 0 Å². The fraction of sp³-hybridized carbons (Fsp3) is 0.200. The van der Waals surface area contributed by atoms with Crippen molar-refractivity contribution in [2.45, 2.75) is 17.4 Å². The molecule has 0 saturated heterocycles. The van der Waals surface area contributed by atoms with Crippen LogP contribution in [0.5, 0.6) is 5.75 Å². The third-order valence-electron chi connectivity index (χ3n) is 6.42. The van der Waals surface area contributed by atoms with Gasteiger partial charge < -0.3 is 9.64 Å². The number of nitrogens with zero attached hydrogens (tertiary/aromatic N) is 2. The number of carbonyl (C=O) groups excluding carboxylic acids is 2. The molecule has 10 heteroatoms. The van der Waals surface area contributed by atoms with Gasteiger partial charge >= 0.3 is 5.91 Å². The molecule has 0 fully saturated rings. The first-order chi connectivity index (χ1) is 16.5. The van der Waals surface area contributed by atoms with E-state index in [9.17, 15) is 22.4 Å². The highest BCUT2D eigenvalue weighted by molar-refractivity contribution is 8.13. The molecule has 3 aromatic rings. The van der Waals surface area contributed by atoms with Crippen LogP contribution < -0.4 is 9.22 Å². The lowest BCUT2D eigenvalue weighted by Crippen LogP contribution is -2.60. The summed E-state index contributed by atoms with van der Waals surface area (Å²) in [5, 5.41) is 0. The Kier molecular flexibility index (Phi) is 6.44. The molecule has 2 atom stereocenters. The Labute approximate surface area is 207 Å². The van der Waals surface area contributed by atoms with Crippen LogP contribution in [0.3, 0.4) is 0 Å². The van der Waals surface area contributed by atoms with E-state index >= 15 is 0 Å². The van der Waals surface area contributed by atoms with Gasteiger partial charge in [0.2, 0.25) is 0 Å². The SMILES string of the molecule is COc1cc([N+]2(C)C(=O)[C@@H](N(C)C(=O)c3ccc(F)cc3)Cc3ccccc32)ccc1S(=O)(=O)Cl. The molecule has 0 aromatic heterocycles. The molecule has 0 saturated carbocycles. The number of fused-ring (bicyclic) bond motifs is 1. The molecule has 0 aliphatic carbocycles. The van der Waals surface area contributed by atoms with Crippen LogP contribution in [0.1, 0.15) is 15.9 Å². The zero-order valence-electron chi connectivity index (χ0n) is 19.2. The van der Waals surface area contributed by atoms with Crippen molar-refractivity contribution >= 4 is 42.9 Å². The zero-order chi connectivity index (χ0) is 25.5. The molecule has 0 N–H and O–H groups in total. The lowest BCUT2D eigenvalue weighted by atomic mass is 9.92. The summed E-state index contributed by atoms with van der Waals surface area (Å²) in [5.74, 6) is -1.19. The molecule has 0 radical (unpaired) electrons. The number of quaternary nitrogens is 1. The lowest BCUT2D eigenvalue weighted by molar-refractivity contribution is -0.131. The van der Waals surface area contributed by atoms with Crippen LogP contribution in [-0.4, -0.2) is 52.4 Å². The summed E-state index contributed by atoms with van der Waals surface area (Å²) in [6, 6.07) is 15.9. The topological polar surface area (TPSA) is 80.8 Å². The van der Waals surface area contributed by atoms with E-state index < -0.39 is 26.8 Å². The monoisotopic (exact) mass is 517 g/mol. The molecule has 1 heterocycles. The van der Waals surface area contributed by atoms with Crippen molar-refractivity contribution in [1.29, 1.82) is 0 Å². The number of hydrogen-bond donors (Lipinski definition) is 0. The normalized spacial score (nSPS) is 19.7. The fourth-order valence-corrected chi connectivity index (χ4v) is 5.47. The number of likely N-dealkylation sites (N-methyl/N-ethyl adjacent to an activating group) is 2. The second-order valence-corrected chi connectivity index (χ2v) is 10.9. The molecular formula is C25H23ClFN2O5S+. The van der Waals surface area contributed by atoms with E-state index in [4.69, 9.17) is 15.4 Å². The van der Waals surface area contributed by atoms with E-state index in [-0.39, 0.29) is 33.0 Å². The number of amides is 2. The van der Waals surface area contributed by atoms with Crippen LogP contribution in [0.4, 0.5) is 15.8 Å². The number of benzene rings is 3. The molecule has 0 spiro atoms. The minimum Gasteiger partial charge on any atom is -0.495 e. The number of ether oxygens (including phenoxy) is 1. The quantitative estimate of drug-likeness (QED) is 0.373. The molecule has 35 heavy (non-hydrogen) atoms. The molecule has 1 aliphatic rings. The summed E-state index contributed by atoms with van der Waals surface area (Å²) >= 11 is 0. The van der Waals surface area contributed by atoms with Crippen LogP contribution >= 0.6 is 10.7 Å². The van der Waals surface area contributed by atoms with Crippen LogP contribution in [0, 0.1) is 5.82 Å². The fourth-order valence-electron chi connectivity index (χ4n) is 4.47. The summed E-state index contributed by atoms with van der Waals surface area (Å²) < 4.78 is 42.2. The first-order valence-corrected chi connectivity index (χ1v) is 12.9. The minimum atomic E-state index is -4.08. The summed E-state index contributed by atoms with van der Waals surface area (Å²) in [6.45, 7) is 0. The lowest BCUT2D eigenvalue weighted by Gasteiger charge is -2.41. The van der Waals surface area contributed by atoms with Gasteiger partial charge in [0, 0.05) is 53.5 Å². The average molecular weight is 518 g/mol. The number of rotatable bonds is 5. The molecular weight excluding hydrogens is 495 g/mol. The standard InChI is InChI=1S/C25H23ClFN2O5S/c1-28(24(30)16-8-10-18(27)11-9-16)20-14-17-6-4-5-7-21(17)29(2,25(20)31)19-12-13-23(35(26,32)33)22(15-19)34-3/h4-13,15,20H,14H2,1-3H3/q+1/t20-,29?/m0/s1. The van der Waals surface area contributed by atoms with Gasteiger partial charge in [-0.1, -0.05) is 18.2 Å². The minimum absolute atomic E-state index is 0.00000208. The number of methoxy groups -OCH3 is 1. The highest BCUT2D eigenvalue weighted by Gasteiger charge is 2.50.